The second-order valence-electron chi connectivity index (χ2n) is 5.44. The summed E-state index contributed by atoms with van der Waals surface area (Å²) < 4.78 is 6.54. The third-order valence-corrected chi connectivity index (χ3v) is 3.78. The second kappa shape index (κ2) is 6.63. The lowest BCUT2D eigenvalue weighted by molar-refractivity contribution is 0.0471. The largest absolute Gasteiger partial charge is 0.507 e. The topological polar surface area (TPSA) is 134 Å². The summed E-state index contributed by atoms with van der Waals surface area (Å²) in [6, 6.07) is 4.50. The molecule has 0 saturated heterocycles. The minimum atomic E-state index is -0.922. The SMILES string of the molecule is Cc1cccc(C(=O)OCC(=O)c2c(N)n(C)c(=O)n(C)c2=O)c1O. The number of nitrogens with zero attached hydrogens (tertiary/aromatic N) is 2. The van der Waals surface area contributed by atoms with Crippen molar-refractivity contribution in [3.05, 3.63) is 55.7 Å². The molecule has 0 unspecified atom stereocenters. The fourth-order valence-corrected chi connectivity index (χ4v) is 2.23. The summed E-state index contributed by atoms with van der Waals surface area (Å²) in [5.74, 6) is -2.34. The first kappa shape index (κ1) is 18.0. The maximum absolute atomic E-state index is 12.2. The van der Waals surface area contributed by atoms with Crippen molar-refractivity contribution >= 4 is 17.6 Å². The van der Waals surface area contributed by atoms with E-state index in [9.17, 15) is 24.3 Å². The van der Waals surface area contributed by atoms with Crippen molar-refractivity contribution in [3.8, 4) is 5.75 Å². The molecule has 1 heterocycles. The number of benzene rings is 1. The number of nitrogen functional groups attached to an aromatic ring is 1. The van der Waals surface area contributed by atoms with Gasteiger partial charge in [-0.25, -0.2) is 9.59 Å². The van der Waals surface area contributed by atoms with Crippen LogP contribution in [0.4, 0.5) is 5.82 Å². The number of nitrogens with two attached hydrogens (primary N) is 1. The number of hydrogen-bond acceptors (Lipinski definition) is 7. The maximum Gasteiger partial charge on any atom is 0.342 e. The van der Waals surface area contributed by atoms with E-state index in [1.165, 1.54) is 20.2 Å². The molecule has 0 atom stereocenters. The molecule has 0 bridgehead atoms. The number of esters is 1. The van der Waals surface area contributed by atoms with Crippen molar-refractivity contribution in [1.82, 2.24) is 9.13 Å². The first-order valence-corrected chi connectivity index (χ1v) is 7.21. The van der Waals surface area contributed by atoms with Gasteiger partial charge < -0.3 is 15.6 Å². The van der Waals surface area contributed by atoms with Crippen molar-refractivity contribution in [2.45, 2.75) is 6.92 Å². The van der Waals surface area contributed by atoms with E-state index in [0.717, 1.165) is 9.13 Å². The molecule has 0 saturated carbocycles. The zero-order valence-corrected chi connectivity index (χ0v) is 13.9. The number of aromatic hydroxyl groups is 1. The number of hydrogen-bond donors (Lipinski definition) is 2. The highest BCUT2D eigenvalue weighted by Gasteiger charge is 2.22. The Morgan fingerprint density at radius 3 is 2.48 bits per heavy atom. The van der Waals surface area contributed by atoms with Gasteiger partial charge in [0.2, 0.25) is 5.78 Å². The molecule has 3 N–H and O–H groups in total. The van der Waals surface area contributed by atoms with E-state index in [0.29, 0.717) is 5.56 Å². The summed E-state index contributed by atoms with van der Waals surface area (Å²) in [5.41, 5.74) is 4.04. The Labute approximate surface area is 141 Å². The van der Waals surface area contributed by atoms with Gasteiger partial charge in [0.25, 0.3) is 5.56 Å². The van der Waals surface area contributed by atoms with Crippen LogP contribution in [-0.4, -0.2) is 32.6 Å². The molecule has 1 aromatic heterocycles. The van der Waals surface area contributed by atoms with Crippen molar-refractivity contribution in [2.24, 2.45) is 14.1 Å². The van der Waals surface area contributed by atoms with Gasteiger partial charge in [0.1, 0.15) is 22.7 Å². The second-order valence-corrected chi connectivity index (χ2v) is 5.44. The number of phenols is 1. The van der Waals surface area contributed by atoms with Crippen LogP contribution in [0.5, 0.6) is 5.75 Å². The molecule has 132 valence electrons. The van der Waals surface area contributed by atoms with E-state index >= 15 is 0 Å². The third-order valence-electron chi connectivity index (χ3n) is 3.78. The van der Waals surface area contributed by atoms with Gasteiger partial charge in [-0.3, -0.25) is 18.7 Å². The van der Waals surface area contributed by atoms with Gasteiger partial charge in [0.15, 0.2) is 6.61 Å². The molecule has 0 fully saturated rings. The molecule has 9 nitrogen and oxygen atoms in total. The number of ether oxygens (including phenoxy) is 1. The Bertz CT molecular complexity index is 987. The van der Waals surface area contributed by atoms with E-state index in [1.54, 1.807) is 19.1 Å². The van der Waals surface area contributed by atoms with Crippen molar-refractivity contribution in [3.63, 3.8) is 0 Å². The normalized spacial score (nSPS) is 10.5. The van der Waals surface area contributed by atoms with E-state index < -0.39 is 35.2 Å². The molecule has 9 heteroatoms. The summed E-state index contributed by atoms with van der Waals surface area (Å²) in [7, 11) is 2.52. The highest BCUT2D eigenvalue weighted by molar-refractivity contribution is 6.02. The molecule has 0 aliphatic heterocycles. The minimum Gasteiger partial charge on any atom is -0.507 e. The van der Waals surface area contributed by atoms with E-state index in [2.05, 4.69) is 0 Å². The summed E-state index contributed by atoms with van der Waals surface area (Å²) in [5, 5.41) is 9.84. The number of para-hydroxylation sites is 1. The van der Waals surface area contributed by atoms with Crippen LogP contribution in [0, 0.1) is 6.92 Å². The minimum absolute atomic E-state index is 0.103. The summed E-state index contributed by atoms with van der Waals surface area (Å²) >= 11 is 0. The van der Waals surface area contributed by atoms with Crippen LogP contribution < -0.4 is 17.0 Å². The third kappa shape index (κ3) is 3.16. The molecule has 25 heavy (non-hydrogen) atoms. The molecule has 2 aromatic rings. The van der Waals surface area contributed by atoms with Crippen LogP contribution in [-0.2, 0) is 18.8 Å². The Morgan fingerprint density at radius 2 is 1.84 bits per heavy atom. The predicted octanol–water partition coefficient (Wildman–Crippen LogP) is -0.280. The van der Waals surface area contributed by atoms with Crippen LogP contribution in [0.1, 0.15) is 26.3 Å². The Morgan fingerprint density at radius 1 is 1.20 bits per heavy atom. The zero-order chi connectivity index (χ0) is 18.9. The monoisotopic (exact) mass is 347 g/mol. The number of Topliss-reactive ketones (excluding diaryl/α,β-unsaturated/α-hetero) is 1. The average Bonchev–Trinajstić information content (AvgIpc) is 2.58. The van der Waals surface area contributed by atoms with E-state index in [4.69, 9.17) is 10.5 Å². The number of aryl methyl sites for hydroxylation is 1. The van der Waals surface area contributed by atoms with Gasteiger partial charge in [-0.05, 0) is 18.6 Å². The summed E-state index contributed by atoms with van der Waals surface area (Å²) in [4.78, 5) is 48.1. The van der Waals surface area contributed by atoms with Crippen LogP contribution >= 0.6 is 0 Å². The Kier molecular flexibility index (Phi) is 4.77. The lowest BCUT2D eigenvalue weighted by Crippen LogP contribution is -2.42. The predicted molar refractivity (Wildman–Crippen MR) is 88.8 cm³/mol. The number of anilines is 1. The number of carbonyl (C=O) groups is 2. The van der Waals surface area contributed by atoms with Gasteiger partial charge in [0, 0.05) is 14.1 Å². The summed E-state index contributed by atoms with van der Waals surface area (Å²) in [6.45, 7) is 0.843. The van der Waals surface area contributed by atoms with E-state index in [1.807, 2.05) is 0 Å². The molecule has 0 aliphatic carbocycles. The lowest BCUT2D eigenvalue weighted by atomic mass is 10.1. The standard InChI is InChI=1S/C16H17N3O6/c1-8-5-4-6-9(12(8)21)15(23)25-7-10(20)11-13(17)18(2)16(24)19(3)14(11)22/h4-6,21H,7,17H2,1-3H3. The molecule has 0 aliphatic rings. The molecule has 0 radical (unpaired) electrons. The molecular formula is C16H17N3O6. The molecule has 0 amide bonds. The number of ketones is 1. The van der Waals surface area contributed by atoms with Crippen LogP contribution in [0.25, 0.3) is 0 Å². The molecular weight excluding hydrogens is 330 g/mol. The van der Waals surface area contributed by atoms with Crippen LogP contribution in [0.15, 0.2) is 27.8 Å². The van der Waals surface area contributed by atoms with Gasteiger partial charge in [-0.15, -0.1) is 0 Å². The van der Waals surface area contributed by atoms with Gasteiger partial charge in [0.05, 0.1) is 0 Å². The number of aromatic nitrogens is 2. The summed E-state index contributed by atoms with van der Waals surface area (Å²) in [6.07, 6.45) is 0. The molecule has 2 rings (SSSR count). The van der Waals surface area contributed by atoms with Gasteiger partial charge in [-0.2, -0.15) is 0 Å². The molecule has 1 aromatic carbocycles. The molecule has 0 spiro atoms. The fraction of sp³-hybridized carbons (Fsp3) is 0.250. The zero-order valence-electron chi connectivity index (χ0n) is 13.9. The van der Waals surface area contributed by atoms with Gasteiger partial charge in [-0.1, -0.05) is 12.1 Å². The number of phenolic OH excluding ortho intramolecular Hbond substituents is 1. The Balaban J connectivity index is 2.27. The van der Waals surface area contributed by atoms with Crippen LogP contribution in [0.2, 0.25) is 0 Å². The quantitative estimate of drug-likeness (QED) is 0.574. The van der Waals surface area contributed by atoms with Gasteiger partial charge >= 0.3 is 11.7 Å². The number of carbonyl (C=O) groups excluding carboxylic acids is 2. The van der Waals surface area contributed by atoms with Crippen LogP contribution in [0.3, 0.4) is 0 Å². The lowest BCUT2D eigenvalue weighted by Gasteiger charge is -2.11. The van der Waals surface area contributed by atoms with Crippen molar-refractivity contribution < 1.29 is 19.4 Å². The number of rotatable bonds is 4. The smallest absolute Gasteiger partial charge is 0.342 e. The fourth-order valence-electron chi connectivity index (χ4n) is 2.23. The first-order valence-electron chi connectivity index (χ1n) is 7.21. The Hall–Kier alpha value is -3.36. The highest BCUT2D eigenvalue weighted by atomic mass is 16.5. The van der Waals surface area contributed by atoms with Crippen molar-refractivity contribution in [2.75, 3.05) is 12.3 Å². The average molecular weight is 347 g/mol. The first-order chi connectivity index (χ1) is 11.7. The maximum atomic E-state index is 12.2. The van der Waals surface area contributed by atoms with E-state index in [-0.39, 0.29) is 17.1 Å². The van der Waals surface area contributed by atoms with Crippen molar-refractivity contribution in [1.29, 1.82) is 0 Å². The highest BCUT2D eigenvalue weighted by Crippen LogP contribution is 2.22.